The topological polar surface area (TPSA) is 18.5 Å². The Kier molecular flexibility index (Phi) is 3.00. The van der Waals surface area contributed by atoms with Crippen LogP contribution >= 0.6 is 0 Å². The summed E-state index contributed by atoms with van der Waals surface area (Å²) in [7, 11) is -0.311. The standard InChI is InChI=1S/C15H19BF2O2/c1-14(2)15(3,4)20-16(19-14)12-8-11(12)10-6-5-9(17)7-13(10)18/h5-7,11-12H,8H2,1-4H3/t11-,12+/m1/s1. The molecule has 2 nitrogen and oxygen atoms in total. The zero-order chi connectivity index (χ0) is 14.7. The summed E-state index contributed by atoms with van der Waals surface area (Å²) in [6, 6.07) is 3.77. The van der Waals surface area contributed by atoms with Crippen LogP contribution in [0.5, 0.6) is 0 Å². The normalized spacial score (nSPS) is 30.6. The molecule has 0 bridgehead atoms. The molecule has 1 aromatic carbocycles. The third kappa shape index (κ3) is 2.17. The minimum absolute atomic E-state index is 0.0605. The Balaban J connectivity index is 1.74. The van der Waals surface area contributed by atoms with E-state index in [0.717, 1.165) is 12.5 Å². The molecule has 3 rings (SSSR count). The van der Waals surface area contributed by atoms with Gasteiger partial charge in [-0.3, -0.25) is 0 Å². The van der Waals surface area contributed by atoms with Crippen LogP contribution < -0.4 is 0 Å². The lowest BCUT2D eigenvalue weighted by molar-refractivity contribution is 0.00578. The van der Waals surface area contributed by atoms with Gasteiger partial charge in [-0.25, -0.2) is 8.78 Å². The number of benzene rings is 1. The number of rotatable bonds is 2. The molecule has 0 unspecified atom stereocenters. The molecule has 5 heteroatoms. The first-order chi connectivity index (χ1) is 9.21. The van der Waals surface area contributed by atoms with Gasteiger partial charge in [0, 0.05) is 11.9 Å². The van der Waals surface area contributed by atoms with Crippen molar-refractivity contribution in [3.8, 4) is 0 Å². The largest absolute Gasteiger partial charge is 0.461 e. The Labute approximate surface area is 118 Å². The minimum atomic E-state index is -0.543. The Hall–Kier alpha value is -0.935. The van der Waals surface area contributed by atoms with Gasteiger partial charge in [-0.05, 0) is 51.7 Å². The van der Waals surface area contributed by atoms with Crippen molar-refractivity contribution in [3.05, 3.63) is 35.4 Å². The average molecular weight is 280 g/mol. The van der Waals surface area contributed by atoms with Gasteiger partial charge in [0.1, 0.15) is 11.6 Å². The third-order valence-corrected chi connectivity index (χ3v) is 4.82. The van der Waals surface area contributed by atoms with Crippen molar-refractivity contribution in [2.75, 3.05) is 0 Å². The van der Waals surface area contributed by atoms with E-state index in [1.165, 1.54) is 12.1 Å². The van der Waals surface area contributed by atoms with E-state index in [2.05, 4.69) is 0 Å². The molecule has 1 saturated carbocycles. The molecule has 0 radical (unpaired) electrons. The van der Waals surface area contributed by atoms with Gasteiger partial charge in [0.05, 0.1) is 11.2 Å². The fourth-order valence-corrected chi connectivity index (χ4v) is 2.74. The molecule has 0 amide bonds. The maximum Gasteiger partial charge on any atom is 0.461 e. The van der Waals surface area contributed by atoms with Gasteiger partial charge < -0.3 is 9.31 Å². The van der Waals surface area contributed by atoms with Crippen molar-refractivity contribution in [1.29, 1.82) is 0 Å². The first kappa shape index (κ1) is 14.0. The van der Waals surface area contributed by atoms with Crippen molar-refractivity contribution >= 4 is 7.12 Å². The lowest BCUT2D eigenvalue weighted by Crippen LogP contribution is -2.41. The SMILES string of the molecule is CC1(C)OB([C@H]2C[C@@H]2c2ccc(F)cc2F)OC1(C)C. The van der Waals surface area contributed by atoms with E-state index in [1.54, 1.807) is 0 Å². The summed E-state index contributed by atoms with van der Waals surface area (Å²) in [6.07, 6.45) is 0.819. The predicted octanol–water partition coefficient (Wildman–Crippen LogP) is 3.91. The second-order valence-corrected chi connectivity index (χ2v) is 6.80. The summed E-state index contributed by atoms with van der Waals surface area (Å²) < 4.78 is 38.7. The van der Waals surface area contributed by atoms with Gasteiger partial charge in [-0.2, -0.15) is 0 Å². The van der Waals surface area contributed by atoms with E-state index in [-0.39, 0.29) is 30.1 Å². The molecule has 1 heterocycles. The lowest BCUT2D eigenvalue weighted by Gasteiger charge is -2.32. The smallest absolute Gasteiger partial charge is 0.403 e. The molecule has 1 aromatic rings. The van der Waals surface area contributed by atoms with Crippen LogP contribution in [0.3, 0.4) is 0 Å². The van der Waals surface area contributed by atoms with Gasteiger partial charge in [0.15, 0.2) is 0 Å². The van der Waals surface area contributed by atoms with Crippen LogP contribution in [0.2, 0.25) is 5.82 Å². The summed E-state index contributed by atoms with van der Waals surface area (Å²) in [6.45, 7) is 8.01. The maximum absolute atomic E-state index is 13.8. The van der Waals surface area contributed by atoms with Gasteiger partial charge >= 0.3 is 7.12 Å². The van der Waals surface area contributed by atoms with Gasteiger partial charge in [0.2, 0.25) is 0 Å². The second-order valence-electron chi connectivity index (χ2n) is 6.80. The van der Waals surface area contributed by atoms with Crippen molar-refractivity contribution in [1.82, 2.24) is 0 Å². The predicted molar refractivity (Wildman–Crippen MR) is 73.5 cm³/mol. The van der Waals surface area contributed by atoms with Gasteiger partial charge in [0.25, 0.3) is 0 Å². The summed E-state index contributed by atoms with van der Waals surface area (Å²) >= 11 is 0. The van der Waals surface area contributed by atoms with Crippen LogP contribution in [0.15, 0.2) is 18.2 Å². The number of hydrogen-bond donors (Lipinski definition) is 0. The Bertz CT molecular complexity index is 529. The Morgan fingerprint density at radius 1 is 1.10 bits per heavy atom. The van der Waals surface area contributed by atoms with Crippen LogP contribution in [0, 0.1) is 11.6 Å². The Morgan fingerprint density at radius 2 is 1.70 bits per heavy atom. The van der Waals surface area contributed by atoms with E-state index in [4.69, 9.17) is 9.31 Å². The first-order valence-electron chi connectivity index (χ1n) is 7.02. The lowest BCUT2D eigenvalue weighted by atomic mass is 9.79. The second kappa shape index (κ2) is 4.28. The molecule has 2 atom stereocenters. The molecular weight excluding hydrogens is 261 g/mol. The highest BCUT2D eigenvalue weighted by atomic mass is 19.1. The molecular formula is C15H19BF2O2. The fraction of sp³-hybridized carbons (Fsp3) is 0.600. The minimum Gasteiger partial charge on any atom is -0.403 e. The van der Waals surface area contributed by atoms with E-state index < -0.39 is 11.6 Å². The van der Waals surface area contributed by atoms with Crippen molar-refractivity contribution < 1.29 is 18.1 Å². The summed E-state index contributed by atoms with van der Waals surface area (Å²) in [5.41, 5.74) is -0.177. The summed E-state index contributed by atoms with van der Waals surface area (Å²) in [5, 5.41) is 0. The summed E-state index contributed by atoms with van der Waals surface area (Å²) in [4.78, 5) is 0. The highest BCUT2D eigenvalue weighted by Crippen LogP contribution is 2.58. The summed E-state index contributed by atoms with van der Waals surface area (Å²) in [5.74, 6) is -0.811. The van der Waals surface area contributed by atoms with Gasteiger partial charge in [-0.15, -0.1) is 0 Å². The monoisotopic (exact) mass is 280 g/mol. The van der Waals surface area contributed by atoms with Crippen molar-refractivity contribution in [2.45, 2.75) is 57.1 Å². The zero-order valence-electron chi connectivity index (χ0n) is 12.2. The van der Waals surface area contributed by atoms with E-state index in [9.17, 15) is 8.78 Å². The number of hydrogen-bond acceptors (Lipinski definition) is 2. The van der Waals surface area contributed by atoms with Crippen LogP contribution in [0.1, 0.15) is 45.6 Å². The highest BCUT2D eigenvalue weighted by Gasteiger charge is 2.60. The molecule has 1 saturated heterocycles. The van der Waals surface area contributed by atoms with Crippen LogP contribution in [-0.4, -0.2) is 18.3 Å². The first-order valence-corrected chi connectivity index (χ1v) is 7.02. The van der Waals surface area contributed by atoms with Crippen LogP contribution in [0.25, 0.3) is 0 Å². The Morgan fingerprint density at radius 3 is 2.25 bits per heavy atom. The van der Waals surface area contributed by atoms with E-state index >= 15 is 0 Å². The molecule has 2 aliphatic rings. The quantitative estimate of drug-likeness (QED) is 0.764. The van der Waals surface area contributed by atoms with E-state index in [0.29, 0.717) is 5.56 Å². The molecule has 0 spiro atoms. The molecule has 1 aliphatic heterocycles. The van der Waals surface area contributed by atoms with Crippen molar-refractivity contribution in [3.63, 3.8) is 0 Å². The van der Waals surface area contributed by atoms with E-state index in [1.807, 2.05) is 27.7 Å². The average Bonchev–Trinajstić information content (AvgIpc) is 3.02. The molecule has 1 aliphatic carbocycles. The van der Waals surface area contributed by atoms with Crippen LogP contribution in [0.4, 0.5) is 8.78 Å². The molecule has 20 heavy (non-hydrogen) atoms. The van der Waals surface area contributed by atoms with Gasteiger partial charge in [-0.1, -0.05) is 6.07 Å². The highest BCUT2D eigenvalue weighted by molar-refractivity contribution is 6.49. The molecule has 108 valence electrons. The zero-order valence-corrected chi connectivity index (χ0v) is 12.2. The maximum atomic E-state index is 13.8. The van der Waals surface area contributed by atoms with Crippen molar-refractivity contribution in [2.24, 2.45) is 0 Å². The fourth-order valence-electron chi connectivity index (χ4n) is 2.74. The molecule has 0 aromatic heterocycles. The van der Waals surface area contributed by atoms with Crippen LogP contribution in [-0.2, 0) is 9.31 Å². The molecule has 0 N–H and O–H groups in total. The third-order valence-electron chi connectivity index (χ3n) is 4.82. The molecule has 2 fully saturated rings. The number of halogens is 2.